The Morgan fingerprint density at radius 3 is 2.71 bits per heavy atom. The zero-order chi connectivity index (χ0) is 14.8. The van der Waals surface area contributed by atoms with Crippen LogP contribution in [-0.4, -0.2) is 39.0 Å². The fraction of sp³-hybridized carbons (Fsp3) is 0.333. The number of nitrogens with zero attached hydrogens (tertiary/aromatic N) is 2. The maximum Gasteiger partial charge on any atom is 0.326 e. The molecule has 110 valence electrons. The quantitative estimate of drug-likeness (QED) is 0.948. The molecule has 1 aliphatic heterocycles. The monoisotopic (exact) mass is 304 g/mol. The molecule has 1 N–H and O–H groups in total. The van der Waals surface area contributed by atoms with Crippen molar-refractivity contribution < 1.29 is 14.7 Å². The average molecular weight is 304 g/mol. The number of likely N-dealkylation sites (tertiary alicyclic amines) is 1. The highest BCUT2D eigenvalue weighted by molar-refractivity contribution is 7.12. The van der Waals surface area contributed by atoms with E-state index >= 15 is 0 Å². The lowest BCUT2D eigenvalue weighted by atomic mass is 10.0. The second kappa shape index (κ2) is 5.73. The summed E-state index contributed by atoms with van der Waals surface area (Å²) in [7, 11) is 0. The second-order valence-electron chi connectivity index (χ2n) is 5.07. The molecule has 5 nitrogen and oxygen atoms in total. The van der Waals surface area contributed by atoms with Gasteiger partial charge in [-0.2, -0.15) is 0 Å². The lowest BCUT2D eigenvalue weighted by Crippen LogP contribution is -2.47. The van der Waals surface area contributed by atoms with E-state index in [0.29, 0.717) is 17.8 Å². The second-order valence-corrected chi connectivity index (χ2v) is 5.99. The number of carbonyl (C=O) groups is 2. The van der Waals surface area contributed by atoms with Gasteiger partial charge >= 0.3 is 5.97 Å². The molecule has 1 aliphatic rings. The smallest absolute Gasteiger partial charge is 0.326 e. The molecule has 1 saturated heterocycles. The Hall–Kier alpha value is -2.08. The van der Waals surface area contributed by atoms with Gasteiger partial charge in [0.05, 0.1) is 5.69 Å². The van der Waals surface area contributed by atoms with Gasteiger partial charge in [0, 0.05) is 18.9 Å². The van der Waals surface area contributed by atoms with Crippen molar-refractivity contribution in [2.45, 2.75) is 25.3 Å². The maximum absolute atomic E-state index is 12.8. The molecule has 0 saturated carbocycles. The summed E-state index contributed by atoms with van der Waals surface area (Å²) in [6.45, 7) is 0.513. The van der Waals surface area contributed by atoms with Crippen LogP contribution in [0, 0.1) is 0 Å². The van der Waals surface area contributed by atoms with E-state index in [0.717, 1.165) is 18.5 Å². The van der Waals surface area contributed by atoms with Crippen LogP contribution >= 0.6 is 11.3 Å². The van der Waals surface area contributed by atoms with E-state index in [9.17, 15) is 14.7 Å². The van der Waals surface area contributed by atoms with Crippen LogP contribution < -0.4 is 0 Å². The molecule has 3 heterocycles. The summed E-state index contributed by atoms with van der Waals surface area (Å²) < 4.78 is 1.88. The van der Waals surface area contributed by atoms with E-state index in [-0.39, 0.29) is 5.91 Å². The molecule has 21 heavy (non-hydrogen) atoms. The first-order valence-electron chi connectivity index (χ1n) is 6.93. The van der Waals surface area contributed by atoms with Gasteiger partial charge in [0.1, 0.15) is 10.9 Å². The van der Waals surface area contributed by atoms with Crippen molar-refractivity contribution in [2.24, 2.45) is 0 Å². The number of thiophene rings is 1. The van der Waals surface area contributed by atoms with Crippen LogP contribution in [0.2, 0.25) is 0 Å². The van der Waals surface area contributed by atoms with Gasteiger partial charge in [-0.05, 0) is 42.8 Å². The summed E-state index contributed by atoms with van der Waals surface area (Å²) in [5.41, 5.74) is 0.810. The molecule has 1 fully saturated rings. The van der Waals surface area contributed by atoms with E-state index in [4.69, 9.17) is 0 Å². The van der Waals surface area contributed by atoms with Gasteiger partial charge in [0.25, 0.3) is 5.91 Å². The SMILES string of the molecule is O=C(O)C1CCCCN1C(=O)c1sccc1-n1cccc1. The number of aromatic nitrogens is 1. The number of piperidine rings is 1. The molecular formula is C15H16N2O3S. The highest BCUT2D eigenvalue weighted by atomic mass is 32.1. The lowest BCUT2D eigenvalue weighted by molar-refractivity contribution is -0.143. The van der Waals surface area contributed by atoms with Crippen molar-refractivity contribution >= 4 is 23.2 Å². The van der Waals surface area contributed by atoms with Crippen LogP contribution in [0.1, 0.15) is 28.9 Å². The van der Waals surface area contributed by atoms with Gasteiger partial charge in [0.2, 0.25) is 0 Å². The minimum absolute atomic E-state index is 0.180. The molecule has 0 radical (unpaired) electrons. The normalized spacial score (nSPS) is 18.7. The minimum atomic E-state index is -0.915. The van der Waals surface area contributed by atoms with Crippen molar-refractivity contribution in [2.75, 3.05) is 6.54 Å². The molecule has 1 amide bonds. The summed E-state index contributed by atoms with van der Waals surface area (Å²) in [6, 6.07) is 4.98. The van der Waals surface area contributed by atoms with Crippen molar-refractivity contribution in [1.82, 2.24) is 9.47 Å². The Kier molecular flexibility index (Phi) is 3.79. The molecule has 6 heteroatoms. The first-order valence-corrected chi connectivity index (χ1v) is 7.81. The number of carbonyl (C=O) groups excluding carboxylic acids is 1. The van der Waals surface area contributed by atoms with Gasteiger partial charge in [-0.15, -0.1) is 11.3 Å². The largest absolute Gasteiger partial charge is 0.480 e. The Labute approximate surface area is 126 Å². The highest BCUT2D eigenvalue weighted by Gasteiger charge is 2.33. The van der Waals surface area contributed by atoms with E-state index in [2.05, 4.69) is 0 Å². The van der Waals surface area contributed by atoms with Crippen molar-refractivity contribution in [3.05, 3.63) is 40.8 Å². The molecule has 2 aromatic rings. The fourth-order valence-electron chi connectivity index (χ4n) is 2.72. The lowest BCUT2D eigenvalue weighted by Gasteiger charge is -2.32. The maximum atomic E-state index is 12.8. The van der Waals surface area contributed by atoms with E-state index < -0.39 is 12.0 Å². The Morgan fingerprint density at radius 1 is 1.24 bits per heavy atom. The standard InChI is InChI=1S/C15H16N2O3S/c18-14(17-9-2-1-5-12(17)15(19)20)13-11(6-10-21-13)16-7-3-4-8-16/h3-4,6-8,10,12H,1-2,5,9H2,(H,19,20). The minimum Gasteiger partial charge on any atom is -0.480 e. The third kappa shape index (κ3) is 2.58. The van der Waals surface area contributed by atoms with Gasteiger partial charge in [-0.25, -0.2) is 4.79 Å². The molecule has 1 unspecified atom stereocenters. The van der Waals surface area contributed by atoms with Crippen molar-refractivity contribution in [1.29, 1.82) is 0 Å². The first kappa shape index (κ1) is 13.9. The summed E-state index contributed by atoms with van der Waals surface area (Å²) in [4.78, 5) is 26.2. The van der Waals surface area contributed by atoms with Gasteiger partial charge in [0.15, 0.2) is 0 Å². The molecule has 0 aliphatic carbocycles. The van der Waals surface area contributed by atoms with Crippen molar-refractivity contribution in [3.8, 4) is 5.69 Å². The fourth-order valence-corrected chi connectivity index (χ4v) is 3.57. The highest BCUT2D eigenvalue weighted by Crippen LogP contribution is 2.26. The van der Waals surface area contributed by atoms with Gasteiger partial charge < -0.3 is 14.6 Å². The Morgan fingerprint density at radius 2 is 2.00 bits per heavy atom. The zero-order valence-electron chi connectivity index (χ0n) is 11.4. The molecule has 1 atom stereocenters. The number of carboxylic acids is 1. The van der Waals surface area contributed by atoms with Crippen LogP contribution in [0.4, 0.5) is 0 Å². The number of rotatable bonds is 3. The molecule has 0 spiro atoms. The van der Waals surface area contributed by atoms with Crippen LogP contribution in [0.5, 0.6) is 0 Å². The molecular weight excluding hydrogens is 288 g/mol. The summed E-state index contributed by atoms with van der Waals surface area (Å²) in [5.74, 6) is -1.09. The Bertz CT molecular complexity index is 648. The molecule has 3 rings (SSSR count). The number of aliphatic carboxylic acids is 1. The summed E-state index contributed by atoms with van der Waals surface area (Å²) >= 11 is 1.36. The van der Waals surface area contributed by atoms with E-state index in [1.165, 1.54) is 16.2 Å². The third-order valence-corrected chi connectivity index (χ3v) is 4.66. The van der Waals surface area contributed by atoms with E-state index in [1.54, 1.807) is 0 Å². The molecule has 2 aromatic heterocycles. The predicted octanol–water partition coefficient (Wildman–Crippen LogP) is 2.62. The molecule has 0 bridgehead atoms. The molecule has 0 aromatic carbocycles. The Balaban J connectivity index is 1.92. The number of hydrogen-bond acceptors (Lipinski definition) is 3. The summed E-state index contributed by atoms with van der Waals surface area (Å²) in [6.07, 6.45) is 6.01. The van der Waals surface area contributed by atoms with Gasteiger partial charge in [-0.1, -0.05) is 0 Å². The van der Waals surface area contributed by atoms with Crippen LogP contribution in [0.3, 0.4) is 0 Å². The van der Waals surface area contributed by atoms with Crippen LogP contribution in [-0.2, 0) is 4.79 Å². The average Bonchev–Trinajstić information content (AvgIpc) is 3.16. The topological polar surface area (TPSA) is 62.5 Å². The van der Waals surface area contributed by atoms with E-state index in [1.807, 2.05) is 40.5 Å². The summed E-state index contributed by atoms with van der Waals surface area (Å²) in [5, 5.41) is 11.2. The van der Waals surface area contributed by atoms with Crippen LogP contribution in [0.25, 0.3) is 5.69 Å². The van der Waals surface area contributed by atoms with Gasteiger partial charge in [-0.3, -0.25) is 4.79 Å². The third-order valence-electron chi connectivity index (χ3n) is 3.77. The predicted molar refractivity (Wildman–Crippen MR) is 80.0 cm³/mol. The first-order chi connectivity index (χ1) is 10.2. The van der Waals surface area contributed by atoms with Crippen molar-refractivity contribution in [3.63, 3.8) is 0 Å². The zero-order valence-corrected chi connectivity index (χ0v) is 12.3. The number of hydrogen-bond donors (Lipinski definition) is 1. The van der Waals surface area contributed by atoms with Crippen LogP contribution in [0.15, 0.2) is 36.0 Å². The number of carboxylic acid groups (broad SMARTS) is 1. The number of amides is 1.